The van der Waals surface area contributed by atoms with Crippen LogP contribution in [0.1, 0.15) is 24.6 Å². The van der Waals surface area contributed by atoms with Crippen LogP contribution in [0.4, 0.5) is 0 Å². The van der Waals surface area contributed by atoms with Gasteiger partial charge in [-0.1, -0.05) is 30.0 Å². The third kappa shape index (κ3) is 3.80. The smallest absolute Gasteiger partial charge is 0.310 e. The van der Waals surface area contributed by atoms with Crippen molar-refractivity contribution in [1.82, 2.24) is 14.8 Å². The maximum Gasteiger partial charge on any atom is 0.310 e. The molecule has 1 aliphatic carbocycles. The van der Waals surface area contributed by atoms with Crippen molar-refractivity contribution in [2.45, 2.75) is 23.9 Å². The summed E-state index contributed by atoms with van der Waals surface area (Å²) in [4.78, 5) is 0. The zero-order valence-corrected chi connectivity index (χ0v) is 13.8. The van der Waals surface area contributed by atoms with Crippen LogP contribution in [0.5, 0.6) is 5.75 Å². The van der Waals surface area contributed by atoms with Crippen molar-refractivity contribution in [2.75, 3.05) is 11.5 Å². The first-order chi connectivity index (χ1) is 10.6. The second kappa shape index (κ2) is 6.29. The number of hydrogen-bond acceptors (Lipinski definition) is 6. The number of para-hydroxylation sites is 1. The molecule has 22 heavy (non-hydrogen) atoms. The summed E-state index contributed by atoms with van der Waals surface area (Å²) < 4.78 is 30.8. The molecule has 1 fully saturated rings. The first kappa shape index (κ1) is 15.4. The van der Waals surface area contributed by atoms with E-state index in [0.29, 0.717) is 17.4 Å². The third-order valence-electron chi connectivity index (χ3n) is 3.34. The van der Waals surface area contributed by atoms with E-state index in [-0.39, 0.29) is 5.75 Å². The summed E-state index contributed by atoms with van der Waals surface area (Å²) >= 11 is 1.38. The Labute approximate surface area is 134 Å². The standard InChI is InChI=1S/C14H17N3O3S2/c1-17-13(11-7-8-11)15-16-14(17)21-9-10-22(18,19)20-12-5-3-2-4-6-12/h2-6,11H,7-10H2,1H3. The van der Waals surface area contributed by atoms with Gasteiger partial charge in [-0.2, -0.15) is 8.42 Å². The van der Waals surface area contributed by atoms with Crippen molar-refractivity contribution in [1.29, 1.82) is 0 Å². The van der Waals surface area contributed by atoms with Crippen LogP contribution in [-0.4, -0.2) is 34.7 Å². The minimum absolute atomic E-state index is 0.0712. The molecule has 0 N–H and O–H groups in total. The van der Waals surface area contributed by atoms with E-state index in [0.717, 1.165) is 23.8 Å². The van der Waals surface area contributed by atoms with Crippen LogP contribution in [0, 0.1) is 0 Å². The van der Waals surface area contributed by atoms with Gasteiger partial charge in [-0.25, -0.2) is 0 Å². The number of rotatable bonds is 7. The Kier molecular flexibility index (Phi) is 4.39. The molecule has 8 heteroatoms. The maximum atomic E-state index is 11.9. The van der Waals surface area contributed by atoms with Gasteiger partial charge in [0.25, 0.3) is 0 Å². The van der Waals surface area contributed by atoms with Gasteiger partial charge in [0, 0.05) is 18.7 Å². The number of aromatic nitrogens is 3. The number of thioether (sulfide) groups is 1. The van der Waals surface area contributed by atoms with Crippen molar-refractivity contribution < 1.29 is 12.6 Å². The second-order valence-corrected chi connectivity index (χ2v) is 7.93. The third-order valence-corrected chi connectivity index (χ3v) is 5.77. The highest BCUT2D eigenvalue weighted by atomic mass is 32.2. The van der Waals surface area contributed by atoms with Crippen LogP contribution in [0.15, 0.2) is 35.5 Å². The van der Waals surface area contributed by atoms with E-state index in [1.165, 1.54) is 11.8 Å². The number of benzene rings is 1. The van der Waals surface area contributed by atoms with Crippen LogP contribution in [-0.2, 0) is 17.2 Å². The molecule has 1 heterocycles. The molecule has 1 saturated carbocycles. The Bertz CT molecular complexity index is 740. The number of hydrogen-bond donors (Lipinski definition) is 0. The molecule has 0 unspecified atom stereocenters. The van der Waals surface area contributed by atoms with Crippen molar-refractivity contribution in [3.05, 3.63) is 36.2 Å². The van der Waals surface area contributed by atoms with E-state index in [4.69, 9.17) is 4.18 Å². The van der Waals surface area contributed by atoms with E-state index < -0.39 is 10.1 Å². The van der Waals surface area contributed by atoms with Crippen LogP contribution in [0.2, 0.25) is 0 Å². The molecule has 0 saturated heterocycles. The topological polar surface area (TPSA) is 74.1 Å². The summed E-state index contributed by atoms with van der Waals surface area (Å²) in [5, 5.41) is 9.04. The minimum atomic E-state index is -3.59. The summed E-state index contributed by atoms with van der Waals surface area (Å²) in [6.45, 7) is 0. The van der Waals surface area contributed by atoms with Gasteiger partial charge in [-0.05, 0) is 25.0 Å². The maximum absolute atomic E-state index is 11.9. The van der Waals surface area contributed by atoms with Gasteiger partial charge in [0.1, 0.15) is 11.6 Å². The number of nitrogens with zero attached hydrogens (tertiary/aromatic N) is 3. The lowest BCUT2D eigenvalue weighted by Gasteiger charge is -2.06. The van der Waals surface area contributed by atoms with Crippen LogP contribution >= 0.6 is 11.8 Å². The predicted octanol–water partition coefficient (Wildman–Crippen LogP) is 2.19. The summed E-state index contributed by atoms with van der Waals surface area (Å²) in [5.41, 5.74) is 0. The second-order valence-electron chi connectivity index (χ2n) is 5.18. The van der Waals surface area contributed by atoms with E-state index >= 15 is 0 Å². The van der Waals surface area contributed by atoms with E-state index in [9.17, 15) is 8.42 Å². The summed E-state index contributed by atoms with van der Waals surface area (Å²) in [6, 6.07) is 8.52. The molecule has 118 valence electrons. The van der Waals surface area contributed by atoms with E-state index in [2.05, 4.69) is 10.2 Å². The van der Waals surface area contributed by atoms with E-state index in [1.54, 1.807) is 30.3 Å². The molecule has 1 aliphatic rings. The van der Waals surface area contributed by atoms with Gasteiger partial charge >= 0.3 is 10.1 Å². The molecule has 1 aromatic heterocycles. The lowest BCUT2D eigenvalue weighted by molar-refractivity contribution is 0.488. The zero-order chi connectivity index (χ0) is 15.6. The highest BCUT2D eigenvalue weighted by Crippen LogP contribution is 2.39. The van der Waals surface area contributed by atoms with Crippen molar-refractivity contribution in [3.8, 4) is 5.75 Å². The lowest BCUT2D eigenvalue weighted by atomic mass is 10.3. The normalized spacial score (nSPS) is 15.0. The summed E-state index contributed by atoms with van der Waals surface area (Å²) in [6.07, 6.45) is 2.33. The summed E-state index contributed by atoms with van der Waals surface area (Å²) in [5.74, 6) is 2.16. The van der Waals surface area contributed by atoms with Gasteiger partial charge in [0.05, 0.1) is 5.75 Å². The highest BCUT2D eigenvalue weighted by Gasteiger charge is 2.29. The molecule has 0 atom stereocenters. The molecule has 0 aliphatic heterocycles. The van der Waals surface area contributed by atoms with Gasteiger partial charge in [0.15, 0.2) is 5.16 Å². The van der Waals surface area contributed by atoms with Crippen molar-refractivity contribution in [3.63, 3.8) is 0 Å². The van der Waals surface area contributed by atoms with Crippen LogP contribution in [0.25, 0.3) is 0 Å². The molecule has 0 bridgehead atoms. The van der Waals surface area contributed by atoms with Crippen LogP contribution in [0.3, 0.4) is 0 Å². The molecule has 0 spiro atoms. The molecule has 2 aromatic rings. The minimum Gasteiger partial charge on any atom is -0.382 e. The monoisotopic (exact) mass is 339 g/mol. The molecule has 3 rings (SSSR count). The highest BCUT2D eigenvalue weighted by molar-refractivity contribution is 8.00. The summed E-state index contributed by atoms with van der Waals surface area (Å²) in [7, 11) is -1.67. The Hall–Kier alpha value is -1.54. The Morgan fingerprint density at radius 3 is 2.68 bits per heavy atom. The molecule has 0 radical (unpaired) electrons. The van der Waals surface area contributed by atoms with Gasteiger partial charge in [-0.15, -0.1) is 10.2 Å². The Morgan fingerprint density at radius 2 is 2.00 bits per heavy atom. The fourth-order valence-corrected chi connectivity index (χ4v) is 4.25. The first-order valence-corrected chi connectivity index (χ1v) is 9.61. The molecular weight excluding hydrogens is 322 g/mol. The van der Waals surface area contributed by atoms with Gasteiger partial charge < -0.3 is 8.75 Å². The van der Waals surface area contributed by atoms with Gasteiger partial charge in [-0.3, -0.25) is 0 Å². The molecular formula is C14H17N3O3S2. The van der Waals surface area contributed by atoms with E-state index in [1.807, 2.05) is 11.6 Å². The first-order valence-electron chi connectivity index (χ1n) is 7.04. The fourth-order valence-electron chi connectivity index (χ4n) is 2.05. The molecule has 1 aromatic carbocycles. The Morgan fingerprint density at radius 1 is 1.27 bits per heavy atom. The van der Waals surface area contributed by atoms with Gasteiger partial charge in [0.2, 0.25) is 0 Å². The predicted molar refractivity (Wildman–Crippen MR) is 84.6 cm³/mol. The SMILES string of the molecule is Cn1c(SCCS(=O)(=O)Oc2ccccc2)nnc1C1CC1. The Balaban J connectivity index is 1.54. The lowest BCUT2D eigenvalue weighted by Crippen LogP contribution is -2.15. The molecule has 0 amide bonds. The average Bonchev–Trinajstić information content (AvgIpc) is 3.25. The zero-order valence-electron chi connectivity index (χ0n) is 12.2. The van der Waals surface area contributed by atoms with Crippen molar-refractivity contribution in [2.24, 2.45) is 7.05 Å². The largest absolute Gasteiger partial charge is 0.382 e. The van der Waals surface area contributed by atoms with Crippen molar-refractivity contribution >= 4 is 21.9 Å². The van der Waals surface area contributed by atoms with Crippen LogP contribution < -0.4 is 4.18 Å². The average molecular weight is 339 g/mol. The molecule has 6 nitrogen and oxygen atoms in total. The quantitative estimate of drug-likeness (QED) is 0.569. The fraction of sp³-hybridized carbons (Fsp3) is 0.429.